The molecule has 0 bridgehead atoms. The third kappa shape index (κ3) is 3.87. The predicted molar refractivity (Wildman–Crippen MR) is 89.1 cm³/mol. The summed E-state index contributed by atoms with van der Waals surface area (Å²) in [6.45, 7) is 5.24. The van der Waals surface area contributed by atoms with Crippen molar-refractivity contribution in [3.05, 3.63) is 27.7 Å². The number of thiophene rings is 1. The van der Waals surface area contributed by atoms with Crippen LogP contribution in [0.2, 0.25) is 0 Å². The average Bonchev–Trinajstić information content (AvgIpc) is 2.98. The van der Waals surface area contributed by atoms with Crippen LogP contribution in [0.4, 0.5) is 0 Å². The SMILES string of the molecule is Cc1ccsc1CNCCSc1nnc2n1CCCCC2. The van der Waals surface area contributed by atoms with Crippen molar-refractivity contribution in [1.82, 2.24) is 20.1 Å². The Bertz CT molecular complexity index is 576. The summed E-state index contributed by atoms with van der Waals surface area (Å²) in [4.78, 5) is 1.44. The maximum Gasteiger partial charge on any atom is 0.191 e. The number of fused-ring (bicyclic) bond motifs is 1. The van der Waals surface area contributed by atoms with E-state index in [1.54, 1.807) is 0 Å². The molecular formula is C15H22N4S2. The van der Waals surface area contributed by atoms with Crippen molar-refractivity contribution in [3.8, 4) is 0 Å². The van der Waals surface area contributed by atoms with Gasteiger partial charge < -0.3 is 9.88 Å². The van der Waals surface area contributed by atoms with E-state index < -0.39 is 0 Å². The molecule has 3 rings (SSSR count). The fourth-order valence-electron chi connectivity index (χ4n) is 2.57. The minimum atomic E-state index is 0.974. The van der Waals surface area contributed by atoms with Gasteiger partial charge in [-0.3, -0.25) is 0 Å². The van der Waals surface area contributed by atoms with E-state index >= 15 is 0 Å². The Hall–Kier alpha value is -0.850. The number of aromatic nitrogens is 3. The smallest absolute Gasteiger partial charge is 0.191 e. The number of thioether (sulfide) groups is 1. The predicted octanol–water partition coefficient (Wildman–Crippen LogP) is 3.26. The van der Waals surface area contributed by atoms with Crippen molar-refractivity contribution < 1.29 is 0 Å². The fraction of sp³-hybridized carbons (Fsp3) is 0.600. The Balaban J connectivity index is 1.43. The summed E-state index contributed by atoms with van der Waals surface area (Å²) in [5.41, 5.74) is 1.39. The Morgan fingerprint density at radius 3 is 3.14 bits per heavy atom. The molecule has 0 saturated heterocycles. The molecule has 0 radical (unpaired) electrons. The molecule has 2 aromatic heterocycles. The molecule has 1 aliphatic rings. The van der Waals surface area contributed by atoms with E-state index in [0.29, 0.717) is 0 Å². The highest BCUT2D eigenvalue weighted by Crippen LogP contribution is 2.21. The molecule has 3 heterocycles. The number of rotatable bonds is 6. The Kier molecular flexibility index (Phi) is 5.32. The van der Waals surface area contributed by atoms with Gasteiger partial charge in [0, 0.05) is 36.7 Å². The Morgan fingerprint density at radius 2 is 2.29 bits per heavy atom. The van der Waals surface area contributed by atoms with Crippen molar-refractivity contribution in [2.45, 2.75) is 50.9 Å². The van der Waals surface area contributed by atoms with Crippen LogP contribution >= 0.6 is 23.1 Å². The van der Waals surface area contributed by atoms with Crippen LogP contribution in [0, 0.1) is 6.92 Å². The molecule has 0 fully saturated rings. The molecule has 0 aliphatic carbocycles. The van der Waals surface area contributed by atoms with Crippen LogP contribution in [0.1, 0.15) is 35.5 Å². The Labute approximate surface area is 134 Å². The van der Waals surface area contributed by atoms with E-state index in [1.165, 1.54) is 35.5 Å². The van der Waals surface area contributed by atoms with E-state index in [-0.39, 0.29) is 0 Å². The minimum absolute atomic E-state index is 0.974. The summed E-state index contributed by atoms with van der Waals surface area (Å²) in [6, 6.07) is 2.18. The lowest BCUT2D eigenvalue weighted by Gasteiger charge is -2.07. The average molecular weight is 323 g/mol. The fourth-order valence-corrected chi connectivity index (χ4v) is 4.32. The lowest BCUT2D eigenvalue weighted by atomic mass is 10.2. The second-order valence-corrected chi connectivity index (χ2v) is 7.48. The zero-order valence-electron chi connectivity index (χ0n) is 12.5. The number of hydrogen-bond acceptors (Lipinski definition) is 5. The molecule has 0 unspecified atom stereocenters. The third-order valence-electron chi connectivity index (χ3n) is 3.84. The van der Waals surface area contributed by atoms with Crippen LogP contribution in [0.3, 0.4) is 0 Å². The topological polar surface area (TPSA) is 42.7 Å². The van der Waals surface area contributed by atoms with E-state index in [2.05, 4.69) is 38.5 Å². The normalized spacial score (nSPS) is 14.9. The molecule has 4 nitrogen and oxygen atoms in total. The van der Waals surface area contributed by atoms with Gasteiger partial charge in [-0.1, -0.05) is 18.2 Å². The second-order valence-electron chi connectivity index (χ2n) is 5.41. The summed E-state index contributed by atoms with van der Waals surface area (Å²) >= 11 is 3.65. The van der Waals surface area contributed by atoms with Gasteiger partial charge in [-0.05, 0) is 36.8 Å². The first kappa shape index (κ1) is 15.1. The van der Waals surface area contributed by atoms with Gasteiger partial charge in [0.25, 0.3) is 0 Å². The van der Waals surface area contributed by atoms with Gasteiger partial charge in [-0.15, -0.1) is 21.5 Å². The van der Waals surface area contributed by atoms with Crippen molar-refractivity contribution >= 4 is 23.1 Å². The Morgan fingerprint density at radius 1 is 1.33 bits per heavy atom. The molecular weight excluding hydrogens is 300 g/mol. The third-order valence-corrected chi connectivity index (χ3v) is 5.83. The summed E-state index contributed by atoms with van der Waals surface area (Å²) in [6.07, 6.45) is 4.91. The lowest BCUT2D eigenvalue weighted by molar-refractivity contribution is 0.590. The first-order valence-electron chi connectivity index (χ1n) is 7.63. The highest BCUT2D eigenvalue weighted by atomic mass is 32.2. The summed E-state index contributed by atoms with van der Waals surface area (Å²) in [5.74, 6) is 2.22. The van der Waals surface area contributed by atoms with Crippen molar-refractivity contribution in [2.24, 2.45) is 0 Å². The number of nitrogens with zero attached hydrogens (tertiary/aromatic N) is 3. The summed E-state index contributed by atoms with van der Waals surface area (Å²) in [7, 11) is 0. The van der Waals surface area contributed by atoms with Gasteiger partial charge >= 0.3 is 0 Å². The van der Waals surface area contributed by atoms with E-state index in [9.17, 15) is 0 Å². The zero-order chi connectivity index (χ0) is 14.5. The summed E-state index contributed by atoms with van der Waals surface area (Å²) in [5, 5.41) is 15.5. The molecule has 2 aromatic rings. The van der Waals surface area contributed by atoms with Gasteiger partial charge in [-0.2, -0.15) is 0 Å². The molecule has 0 amide bonds. The number of nitrogens with one attached hydrogen (secondary N) is 1. The molecule has 0 spiro atoms. The maximum atomic E-state index is 4.35. The van der Waals surface area contributed by atoms with Crippen molar-refractivity contribution in [2.75, 3.05) is 12.3 Å². The monoisotopic (exact) mass is 322 g/mol. The van der Waals surface area contributed by atoms with E-state index in [4.69, 9.17) is 0 Å². The molecule has 114 valence electrons. The maximum absolute atomic E-state index is 4.35. The zero-order valence-corrected chi connectivity index (χ0v) is 14.1. The molecule has 0 saturated carbocycles. The number of aryl methyl sites for hydroxylation is 2. The molecule has 6 heteroatoms. The summed E-state index contributed by atoms with van der Waals surface area (Å²) < 4.78 is 2.32. The second kappa shape index (κ2) is 7.42. The quantitative estimate of drug-likeness (QED) is 0.655. The van der Waals surface area contributed by atoms with Gasteiger partial charge in [0.15, 0.2) is 5.16 Å². The standard InChI is InChI=1S/C15H22N4S2/c1-12-6-9-20-13(12)11-16-7-10-21-15-18-17-14-5-3-2-4-8-19(14)15/h6,9,16H,2-5,7-8,10-11H2,1H3. The molecule has 1 N–H and O–H groups in total. The van der Waals surface area contributed by atoms with Crippen LogP contribution < -0.4 is 5.32 Å². The highest BCUT2D eigenvalue weighted by Gasteiger charge is 2.14. The van der Waals surface area contributed by atoms with Gasteiger partial charge in [0.1, 0.15) is 5.82 Å². The largest absolute Gasteiger partial charge is 0.311 e. The van der Waals surface area contributed by atoms with Crippen LogP contribution in [0.15, 0.2) is 16.6 Å². The number of hydrogen-bond donors (Lipinski definition) is 1. The van der Waals surface area contributed by atoms with Crippen LogP contribution in [-0.2, 0) is 19.5 Å². The van der Waals surface area contributed by atoms with Crippen LogP contribution in [0.25, 0.3) is 0 Å². The van der Waals surface area contributed by atoms with Crippen molar-refractivity contribution in [1.29, 1.82) is 0 Å². The van der Waals surface area contributed by atoms with Gasteiger partial charge in [0.05, 0.1) is 0 Å². The molecule has 0 atom stereocenters. The van der Waals surface area contributed by atoms with Gasteiger partial charge in [0.2, 0.25) is 0 Å². The first-order valence-corrected chi connectivity index (χ1v) is 9.49. The van der Waals surface area contributed by atoms with Crippen molar-refractivity contribution in [3.63, 3.8) is 0 Å². The van der Waals surface area contributed by atoms with Crippen LogP contribution in [-0.4, -0.2) is 27.1 Å². The molecule has 0 aromatic carbocycles. The van der Waals surface area contributed by atoms with Crippen LogP contribution in [0.5, 0.6) is 0 Å². The van der Waals surface area contributed by atoms with E-state index in [1.807, 2.05) is 23.1 Å². The lowest BCUT2D eigenvalue weighted by Crippen LogP contribution is -2.16. The first-order chi connectivity index (χ1) is 10.3. The minimum Gasteiger partial charge on any atom is -0.311 e. The highest BCUT2D eigenvalue weighted by molar-refractivity contribution is 7.99. The molecule has 1 aliphatic heterocycles. The molecule has 21 heavy (non-hydrogen) atoms. The van der Waals surface area contributed by atoms with Gasteiger partial charge in [-0.25, -0.2) is 0 Å². The van der Waals surface area contributed by atoms with E-state index in [0.717, 1.165) is 37.0 Å².